The fourth-order valence-corrected chi connectivity index (χ4v) is 2.90. The maximum atomic E-state index is 12.4. The average Bonchev–Trinajstić information content (AvgIpc) is 2.95. The van der Waals surface area contributed by atoms with Crippen molar-refractivity contribution >= 4 is 17.5 Å². The van der Waals surface area contributed by atoms with E-state index in [9.17, 15) is 9.90 Å². The van der Waals surface area contributed by atoms with Gasteiger partial charge in [-0.3, -0.25) is 4.79 Å². The Kier molecular flexibility index (Phi) is 4.89. The molecule has 24 heavy (non-hydrogen) atoms. The number of halogens is 1. The first-order chi connectivity index (χ1) is 11.5. The van der Waals surface area contributed by atoms with E-state index in [-0.39, 0.29) is 12.5 Å². The van der Waals surface area contributed by atoms with Crippen molar-refractivity contribution < 1.29 is 14.6 Å². The molecule has 0 bridgehead atoms. The van der Waals surface area contributed by atoms with Crippen molar-refractivity contribution in [1.82, 2.24) is 15.3 Å². The van der Waals surface area contributed by atoms with E-state index in [1.165, 1.54) is 0 Å². The monoisotopic (exact) mass is 349 g/mol. The van der Waals surface area contributed by atoms with Gasteiger partial charge in [0.2, 0.25) is 0 Å². The number of rotatable bonds is 4. The van der Waals surface area contributed by atoms with Gasteiger partial charge >= 0.3 is 0 Å². The highest BCUT2D eigenvalue weighted by atomic mass is 35.5. The molecule has 128 valence electrons. The molecule has 3 N–H and O–H groups in total. The number of benzene rings is 1. The Hall–Kier alpha value is -1.89. The third-order valence-electron chi connectivity index (χ3n) is 4.20. The number of nitrogens with one attached hydrogen (secondary N) is 2. The van der Waals surface area contributed by atoms with Crippen LogP contribution in [0.25, 0.3) is 11.4 Å². The van der Waals surface area contributed by atoms with Crippen molar-refractivity contribution in [2.45, 2.75) is 25.4 Å². The molecule has 1 aliphatic rings. The van der Waals surface area contributed by atoms with Gasteiger partial charge < -0.3 is 20.1 Å². The second-order valence-electron chi connectivity index (χ2n) is 6.09. The molecule has 2 heterocycles. The average molecular weight is 350 g/mol. The first-order valence-electron chi connectivity index (χ1n) is 7.88. The number of aliphatic hydroxyl groups is 1. The lowest BCUT2D eigenvalue weighted by Gasteiger charge is -2.31. The van der Waals surface area contributed by atoms with Crippen molar-refractivity contribution in [2.24, 2.45) is 0 Å². The van der Waals surface area contributed by atoms with Crippen LogP contribution in [0.1, 0.15) is 29.0 Å². The highest BCUT2D eigenvalue weighted by molar-refractivity contribution is 6.30. The molecule has 1 aromatic heterocycles. The first kappa shape index (κ1) is 17.0. The van der Waals surface area contributed by atoms with Crippen LogP contribution < -0.4 is 5.32 Å². The fraction of sp³-hybridized carbons (Fsp3) is 0.412. The molecule has 0 radical (unpaired) electrons. The summed E-state index contributed by atoms with van der Waals surface area (Å²) in [4.78, 5) is 19.9. The van der Waals surface area contributed by atoms with E-state index in [0.29, 0.717) is 48.3 Å². The Balaban J connectivity index is 1.71. The summed E-state index contributed by atoms with van der Waals surface area (Å²) in [6, 6.07) is 7.27. The van der Waals surface area contributed by atoms with E-state index in [2.05, 4.69) is 15.3 Å². The highest BCUT2D eigenvalue weighted by Gasteiger charge is 2.30. The summed E-state index contributed by atoms with van der Waals surface area (Å²) in [6.45, 7) is 2.99. The molecule has 1 saturated heterocycles. The van der Waals surface area contributed by atoms with Crippen LogP contribution in [0.2, 0.25) is 5.02 Å². The van der Waals surface area contributed by atoms with Gasteiger partial charge in [0, 0.05) is 48.9 Å². The molecule has 1 fully saturated rings. The number of hydrogen-bond acceptors (Lipinski definition) is 4. The number of ether oxygens (including phenoxy) is 1. The number of aryl methyl sites for hydroxylation is 1. The molecule has 3 rings (SSSR count). The Morgan fingerprint density at radius 2 is 2.21 bits per heavy atom. The van der Waals surface area contributed by atoms with Crippen molar-refractivity contribution in [1.29, 1.82) is 0 Å². The molecule has 1 aliphatic heterocycles. The number of aromatic nitrogens is 2. The van der Waals surface area contributed by atoms with Crippen LogP contribution >= 0.6 is 11.6 Å². The maximum absolute atomic E-state index is 12.4. The van der Waals surface area contributed by atoms with Gasteiger partial charge in [-0.2, -0.15) is 0 Å². The number of carbonyl (C=O) groups excluding carboxylic acids is 1. The quantitative estimate of drug-likeness (QED) is 0.790. The molecule has 0 atom stereocenters. The number of nitrogens with zero attached hydrogens (tertiary/aromatic N) is 1. The minimum absolute atomic E-state index is 0.188. The van der Waals surface area contributed by atoms with Gasteiger partial charge in [-0.25, -0.2) is 4.98 Å². The summed E-state index contributed by atoms with van der Waals surface area (Å²) in [7, 11) is 0. The molecule has 0 spiro atoms. The predicted molar refractivity (Wildman–Crippen MR) is 91.1 cm³/mol. The zero-order valence-corrected chi connectivity index (χ0v) is 14.2. The van der Waals surface area contributed by atoms with Crippen molar-refractivity contribution in [3.8, 4) is 11.4 Å². The van der Waals surface area contributed by atoms with Gasteiger partial charge in [-0.1, -0.05) is 23.7 Å². The zero-order valence-electron chi connectivity index (χ0n) is 13.4. The predicted octanol–water partition coefficient (Wildman–Crippen LogP) is 2.31. The number of carbonyl (C=O) groups is 1. The minimum atomic E-state index is -0.909. The largest absolute Gasteiger partial charge is 0.388 e. The fourth-order valence-electron chi connectivity index (χ4n) is 2.71. The number of amides is 1. The van der Waals surface area contributed by atoms with Gasteiger partial charge in [-0.05, 0) is 19.1 Å². The third kappa shape index (κ3) is 3.77. The van der Waals surface area contributed by atoms with E-state index in [4.69, 9.17) is 16.3 Å². The van der Waals surface area contributed by atoms with Crippen LogP contribution in [-0.4, -0.2) is 46.3 Å². The van der Waals surface area contributed by atoms with Crippen LogP contribution in [0, 0.1) is 6.92 Å². The van der Waals surface area contributed by atoms with E-state index in [1.807, 2.05) is 12.1 Å². The molecular weight excluding hydrogens is 330 g/mol. The molecule has 0 saturated carbocycles. The summed E-state index contributed by atoms with van der Waals surface area (Å²) in [5.41, 5.74) is 0.892. The zero-order chi connectivity index (χ0) is 17.2. The van der Waals surface area contributed by atoms with Gasteiger partial charge in [-0.15, -0.1) is 0 Å². The van der Waals surface area contributed by atoms with Crippen molar-refractivity contribution in [2.75, 3.05) is 19.8 Å². The van der Waals surface area contributed by atoms with E-state index < -0.39 is 5.60 Å². The van der Waals surface area contributed by atoms with Gasteiger partial charge in [0.1, 0.15) is 11.5 Å². The Bertz CT molecular complexity index is 738. The lowest BCUT2D eigenvalue weighted by Crippen LogP contribution is -2.46. The van der Waals surface area contributed by atoms with Crippen LogP contribution in [0.15, 0.2) is 24.3 Å². The summed E-state index contributed by atoms with van der Waals surface area (Å²) in [6.07, 6.45) is 1.03. The Morgan fingerprint density at radius 1 is 1.46 bits per heavy atom. The van der Waals surface area contributed by atoms with E-state index >= 15 is 0 Å². The minimum Gasteiger partial charge on any atom is -0.388 e. The standard InChI is InChI=1S/C17H20ClN3O3/c1-11-14(16(22)19-10-17(23)5-7-24-8-6-17)21-15(20-11)12-3-2-4-13(18)9-12/h2-4,9,23H,5-8,10H2,1H3,(H,19,22)(H,20,21). The number of hydrogen-bond donors (Lipinski definition) is 3. The number of imidazole rings is 1. The molecule has 7 heteroatoms. The summed E-state index contributed by atoms with van der Waals surface area (Å²) >= 11 is 6.00. The summed E-state index contributed by atoms with van der Waals surface area (Å²) in [5.74, 6) is 0.280. The van der Waals surface area contributed by atoms with Gasteiger partial charge in [0.25, 0.3) is 5.91 Å². The van der Waals surface area contributed by atoms with Gasteiger partial charge in [0.05, 0.1) is 5.60 Å². The molecule has 0 unspecified atom stereocenters. The summed E-state index contributed by atoms with van der Waals surface area (Å²) in [5, 5.41) is 13.8. The second kappa shape index (κ2) is 6.93. The molecule has 6 nitrogen and oxygen atoms in total. The van der Waals surface area contributed by atoms with Gasteiger partial charge in [0.15, 0.2) is 0 Å². The topological polar surface area (TPSA) is 87.2 Å². The van der Waals surface area contributed by atoms with Crippen molar-refractivity contribution in [3.05, 3.63) is 40.7 Å². The molecular formula is C17H20ClN3O3. The first-order valence-corrected chi connectivity index (χ1v) is 8.25. The number of aromatic amines is 1. The van der Waals surface area contributed by atoms with Crippen LogP contribution in [0.4, 0.5) is 0 Å². The Labute approximate surface area is 145 Å². The SMILES string of the molecule is Cc1[nH]c(-c2cccc(Cl)c2)nc1C(=O)NCC1(O)CCOCC1. The smallest absolute Gasteiger partial charge is 0.271 e. The lowest BCUT2D eigenvalue weighted by atomic mass is 9.94. The van der Waals surface area contributed by atoms with Crippen LogP contribution in [-0.2, 0) is 4.74 Å². The van der Waals surface area contributed by atoms with E-state index in [1.54, 1.807) is 19.1 Å². The Morgan fingerprint density at radius 3 is 2.92 bits per heavy atom. The third-order valence-corrected chi connectivity index (χ3v) is 4.43. The lowest BCUT2D eigenvalue weighted by molar-refractivity contribution is -0.0605. The molecule has 2 aromatic rings. The van der Waals surface area contributed by atoms with E-state index in [0.717, 1.165) is 5.56 Å². The molecule has 0 aliphatic carbocycles. The number of H-pyrrole nitrogens is 1. The summed E-state index contributed by atoms with van der Waals surface area (Å²) < 4.78 is 5.24. The second-order valence-corrected chi connectivity index (χ2v) is 6.53. The molecule has 1 amide bonds. The highest BCUT2D eigenvalue weighted by Crippen LogP contribution is 2.22. The van der Waals surface area contributed by atoms with Crippen molar-refractivity contribution in [3.63, 3.8) is 0 Å². The maximum Gasteiger partial charge on any atom is 0.271 e. The van der Waals surface area contributed by atoms with Crippen LogP contribution in [0.5, 0.6) is 0 Å². The molecule has 1 aromatic carbocycles. The normalized spacial score (nSPS) is 16.8. The van der Waals surface area contributed by atoms with Crippen LogP contribution in [0.3, 0.4) is 0 Å².